The maximum absolute atomic E-state index is 12.0. The summed E-state index contributed by atoms with van der Waals surface area (Å²) in [5.41, 5.74) is 1.76. The van der Waals surface area contributed by atoms with E-state index in [1.54, 1.807) is 6.08 Å². The van der Waals surface area contributed by atoms with E-state index in [9.17, 15) is 4.79 Å². The standard InChI is InChI=1S/C20H15BrN2O2S/c21-16-8-4-5-9-17(16)22-20(26)23-19(24)13-11-15-10-12-18(25-15)14-6-2-1-3-7-14/h1-13H,(H2,22,23,24,26)/b13-11+. The van der Waals surface area contributed by atoms with Crippen LogP contribution < -0.4 is 10.6 Å². The Kier molecular flexibility index (Phi) is 5.99. The normalized spacial score (nSPS) is 10.7. The fourth-order valence-electron chi connectivity index (χ4n) is 2.23. The Morgan fingerprint density at radius 1 is 1.00 bits per heavy atom. The molecule has 0 saturated carbocycles. The Bertz CT molecular complexity index is 951. The number of benzene rings is 2. The molecule has 0 aliphatic rings. The van der Waals surface area contributed by atoms with Crippen molar-refractivity contribution in [1.82, 2.24) is 5.32 Å². The topological polar surface area (TPSA) is 54.3 Å². The lowest BCUT2D eigenvalue weighted by Crippen LogP contribution is -2.32. The van der Waals surface area contributed by atoms with Crippen molar-refractivity contribution in [3.8, 4) is 11.3 Å². The van der Waals surface area contributed by atoms with Crippen LogP contribution in [0, 0.1) is 0 Å². The zero-order valence-electron chi connectivity index (χ0n) is 13.6. The molecule has 0 fully saturated rings. The maximum atomic E-state index is 12.0. The van der Waals surface area contributed by atoms with Gasteiger partial charge in [0.25, 0.3) is 0 Å². The van der Waals surface area contributed by atoms with Crippen LogP contribution in [0.2, 0.25) is 0 Å². The predicted octanol–water partition coefficient (Wildman–Crippen LogP) is 5.24. The molecule has 0 aliphatic heterocycles. The Labute approximate surface area is 165 Å². The summed E-state index contributed by atoms with van der Waals surface area (Å²) in [4.78, 5) is 12.0. The molecular formula is C20H15BrN2O2S. The van der Waals surface area contributed by atoms with E-state index in [-0.39, 0.29) is 11.0 Å². The quantitative estimate of drug-likeness (QED) is 0.442. The van der Waals surface area contributed by atoms with Crippen molar-refractivity contribution >= 4 is 50.9 Å². The number of nitrogens with one attached hydrogen (secondary N) is 2. The molecule has 3 aromatic rings. The molecule has 4 nitrogen and oxygen atoms in total. The maximum Gasteiger partial charge on any atom is 0.250 e. The van der Waals surface area contributed by atoms with Crippen LogP contribution in [0.15, 0.2) is 81.7 Å². The molecule has 2 N–H and O–H groups in total. The highest BCUT2D eigenvalue weighted by Gasteiger charge is 2.05. The zero-order valence-corrected chi connectivity index (χ0v) is 16.0. The van der Waals surface area contributed by atoms with Crippen LogP contribution in [0.4, 0.5) is 5.69 Å². The highest BCUT2D eigenvalue weighted by Crippen LogP contribution is 2.22. The Morgan fingerprint density at radius 3 is 2.50 bits per heavy atom. The van der Waals surface area contributed by atoms with Crippen molar-refractivity contribution in [1.29, 1.82) is 0 Å². The Morgan fingerprint density at radius 2 is 1.73 bits per heavy atom. The second kappa shape index (κ2) is 8.60. The summed E-state index contributed by atoms with van der Waals surface area (Å²) in [6, 6.07) is 20.9. The highest BCUT2D eigenvalue weighted by atomic mass is 79.9. The summed E-state index contributed by atoms with van der Waals surface area (Å²) in [5, 5.41) is 5.78. The monoisotopic (exact) mass is 426 g/mol. The number of halogens is 1. The Hall–Kier alpha value is -2.70. The third-order valence-electron chi connectivity index (χ3n) is 3.44. The van der Waals surface area contributed by atoms with Gasteiger partial charge in [0.2, 0.25) is 5.91 Å². The molecule has 1 amide bonds. The van der Waals surface area contributed by atoms with Crippen molar-refractivity contribution in [3.05, 3.63) is 83.0 Å². The molecule has 0 spiro atoms. The van der Waals surface area contributed by atoms with Crippen molar-refractivity contribution in [2.24, 2.45) is 0 Å². The number of hydrogen-bond acceptors (Lipinski definition) is 3. The van der Waals surface area contributed by atoms with E-state index in [1.165, 1.54) is 6.08 Å². The van der Waals surface area contributed by atoms with Crippen LogP contribution >= 0.6 is 28.1 Å². The van der Waals surface area contributed by atoms with Gasteiger partial charge in [-0.05, 0) is 58.5 Å². The first kappa shape index (κ1) is 18.1. The predicted molar refractivity (Wildman–Crippen MR) is 112 cm³/mol. The number of thiocarbonyl (C=S) groups is 1. The van der Waals surface area contributed by atoms with Crippen molar-refractivity contribution in [2.45, 2.75) is 0 Å². The van der Waals surface area contributed by atoms with E-state index in [0.29, 0.717) is 5.76 Å². The number of hydrogen-bond donors (Lipinski definition) is 2. The summed E-state index contributed by atoms with van der Waals surface area (Å²) in [6.45, 7) is 0. The second-order valence-corrected chi connectivity index (χ2v) is 6.59. The van der Waals surface area contributed by atoms with E-state index < -0.39 is 0 Å². The van der Waals surface area contributed by atoms with Gasteiger partial charge in [-0.2, -0.15) is 0 Å². The average molecular weight is 427 g/mol. The molecule has 1 heterocycles. The van der Waals surface area contributed by atoms with E-state index in [2.05, 4.69) is 26.6 Å². The van der Waals surface area contributed by atoms with Crippen LogP contribution in [0.25, 0.3) is 17.4 Å². The minimum absolute atomic E-state index is 0.218. The van der Waals surface area contributed by atoms with Crippen LogP contribution in [-0.4, -0.2) is 11.0 Å². The van der Waals surface area contributed by atoms with Crippen LogP contribution in [0.3, 0.4) is 0 Å². The van der Waals surface area contributed by atoms with Gasteiger partial charge in [0.05, 0.1) is 5.69 Å². The lowest BCUT2D eigenvalue weighted by Gasteiger charge is -2.09. The SMILES string of the molecule is O=C(/C=C/c1ccc(-c2ccccc2)o1)NC(=S)Nc1ccccc1Br. The van der Waals surface area contributed by atoms with E-state index in [1.807, 2.05) is 66.7 Å². The zero-order chi connectivity index (χ0) is 18.4. The van der Waals surface area contributed by atoms with Gasteiger partial charge in [0, 0.05) is 16.1 Å². The van der Waals surface area contributed by atoms with Gasteiger partial charge < -0.3 is 9.73 Å². The molecule has 3 rings (SSSR count). The van der Waals surface area contributed by atoms with Gasteiger partial charge >= 0.3 is 0 Å². The summed E-state index contributed by atoms with van der Waals surface area (Å²) in [5.74, 6) is 0.993. The minimum Gasteiger partial charge on any atom is -0.457 e. The molecule has 0 bridgehead atoms. The van der Waals surface area contributed by atoms with Crippen LogP contribution in [-0.2, 0) is 4.79 Å². The third kappa shape index (κ3) is 4.91. The van der Waals surface area contributed by atoms with E-state index >= 15 is 0 Å². The second-order valence-electron chi connectivity index (χ2n) is 5.32. The largest absolute Gasteiger partial charge is 0.457 e. The van der Waals surface area contributed by atoms with E-state index in [4.69, 9.17) is 16.6 Å². The summed E-state index contributed by atoms with van der Waals surface area (Å²) in [6.07, 6.45) is 2.98. The molecule has 0 unspecified atom stereocenters. The first-order chi connectivity index (χ1) is 12.6. The average Bonchev–Trinajstić information content (AvgIpc) is 3.12. The fraction of sp³-hybridized carbons (Fsp3) is 0. The van der Waals surface area contributed by atoms with Gasteiger partial charge in [-0.15, -0.1) is 0 Å². The first-order valence-corrected chi connectivity index (χ1v) is 9.02. The number of carbonyl (C=O) groups is 1. The molecular weight excluding hydrogens is 412 g/mol. The number of para-hydroxylation sites is 1. The molecule has 0 saturated heterocycles. The molecule has 0 aliphatic carbocycles. The van der Waals surface area contributed by atoms with Crippen LogP contribution in [0.1, 0.15) is 5.76 Å². The lowest BCUT2D eigenvalue weighted by molar-refractivity contribution is -0.115. The molecule has 26 heavy (non-hydrogen) atoms. The minimum atomic E-state index is -0.341. The smallest absolute Gasteiger partial charge is 0.250 e. The first-order valence-electron chi connectivity index (χ1n) is 7.81. The molecule has 1 aromatic heterocycles. The number of anilines is 1. The van der Waals surface area contributed by atoms with Gasteiger partial charge in [0.1, 0.15) is 11.5 Å². The summed E-state index contributed by atoms with van der Waals surface area (Å²) < 4.78 is 6.57. The van der Waals surface area contributed by atoms with Gasteiger partial charge in [-0.3, -0.25) is 10.1 Å². The van der Waals surface area contributed by atoms with Gasteiger partial charge in [0.15, 0.2) is 5.11 Å². The molecule has 6 heteroatoms. The van der Waals surface area contributed by atoms with Crippen molar-refractivity contribution < 1.29 is 9.21 Å². The Balaban J connectivity index is 1.57. The molecule has 0 radical (unpaired) electrons. The molecule has 0 atom stereocenters. The fourth-order valence-corrected chi connectivity index (χ4v) is 2.82. The molecule has 130 valence electrons. The van der Waals surface area contributed by atoms with Crippen molar-refractivity contribution in [3.63, 3.8) is 0 Å². The lowest BCUT2D eigenvalue weighted by atomic mass is 10.2. The van der Waals surface area contributed by atoms with Gasteiger partial charge in [-0.25, -0.2) is 0 Å². The number of amides is 1. The summed E-state index contributed by atoms with van der Waals surface area (Å²) in [7, 11) is 0. The number of furan rings is 1. The number of carbonyl (C=O) groups excluding carboxylic acids is 1. The highest BCUT2D eigenvalue weighted by molar-refractivity contribution is 9.10. The molecule has 2 aromatic carbocycles. The van der Waals surface area contributed by atoms with Crippen molar-refractivity contribution in [2.75, 3.05) is 5.32 Å². The third-order valence-corrected chi connectivity index (χ3v) is 4.34. The summed E-state index contributed by atoms with van der Waals surface area (Å²) >= 11 is 8.56. The van der Waals surface area contributed by atoms with Crippen LogP contribution in [0.5, 0.6) is 0 Å². The van der Waals surface area contributed by atoms with Gasteiger partial charge in [-0.1, -0.05) is 42.5 Å². The number of rotatable bonds is 4. The van der Waals surface area contributed by atoms with E-state index in [0.717, 1.165) is 21.5 Å².